The molecule has 0 aromatic heterocycles. The largest absolute Gasteiger partial charge is 0.378 e. The molecule has 0 spiro atoms. The van der Waals surface area contributed by atoms with Crippen LogP contribution in [-0.4, -0.2) is 43.0 Å². The van der Waals surface area contributed by atoms with Crippen LogP contribution in [0.15, 0.2) is 0 Å². The first-order chi connectivity index (χ1) is 8.25. The minimum atomic E-state index is 0.298. The molecular weight excluding hydrogens is 214 g/mol. The minimum absolute atomic E-state index is 0.298. The summed E-state index contributed by atoms with van der Waals surface area (Å²) in [7, 11) is 0. The second-order valence-corrected chi connectivity index (χ2v) is 5.53. The quantitative estimate of drug-likeness (QED) is 0.737. The van der Waals surface area contributed by atoms with Gasteiger partial charge in [-0.05, 0) is 58.5 Å². The van der Waals surface area contributed by atoms with Gasteiger partial charge >= 0.3 is 0 Å². The van der Waals surface area contributed by atoms with E-state index in [9.17, 15) is 4.79 Å². The maximum absolute atomic E-state index is 11.4. The van der Waals surface area contributed by atoms with E-state index in [-0.39, 0.29) is 0 Å². The molecule has 0 saturated carbocycles. The summed E-state index contributed by atoms with van der Waals surface area (Å²) < 4.78 is 5.63. The molecule has 2 unspecified atom stereocenters. The number of carbonyl (C=O) groups is 1. The molecule has 2 fully saturated rings. The van der Waals surface area contributed by atoms with Gasteiger partial charge in [-0.1, -0.05) is 0 Å². The predicted molar refractivity (Wildman–Crippen MR) is 68.1 cm³/mol. The number of Topliss-reactive ketones (excluding diaryl/α,β-unsaturated/α-hetero) is 1. The summed E-state index contributed by atoms with van der Waals surface area (Å²) in [6, 6.07) is 0. The Morgan fingerprint density at radius 1 is 1.35 bits per heavy atom. The van der Waals surface area contributed by atoms with E-state index in [1.54, 1.807) is 6.92 Å². The number of likely N-dealkylation sites (tertiary alicyclic amines) is 1. The van der Waals surface area contributed by atoms with Crippen LogP contribution in [0.2, 0.25) is 0 Å². The van der Waals surface area contributed by atoms with Gasteiger partial charge in [-0.25, -0.2) is 0 Å². The van der Waals surface area contributed by atoms with Gasteiger partial charge in [-0.3, -0.25) is 4.79 Å². The summed E-state index contributed by atoms with van der Waals surface area (Å²) >= 11 is 0. The third kappa shape index (κ3) is 4.07. The number of rotatable bonds is 5. The van der Waals surface area contributed by atoms with E-state index in [1.165, 1.54) is 38.6 Å². The van der Waals surface area contributed by atoms with E-state index < -0.39 is 0 Å². The van der Waals surface area contributed by atoms with Crippen molar-refractivity contribution in [3.8, 4) is 0 Å². The van der Waals surface area contributed by atoms with Crippen molar-refractivity contribution in [1.29, 1.82) is 0 Å². The topological polar surface area (TPSA) is 29.5 Å². The Morgan fingerprint density at radius 3 is 2.94 bits per heavy atom. The smallest absolute Gasteiger partial charge is 0.134 e. The maximum Gasteiger partial charge on any atom is 0.134 e. The number of ether oxygens (including phenoxy) is 1. The zero-order valence-electron chi connectivity index (χ0n) is 11.0. The zero-order chi connectivity index (χ0) is 12.1. The van der Waals surface area contributed by atoms with Crippen molar-refractivity contribution in [1.82, 2.24) is 4.90 Å². The molecule has 0 aromatic rings. The van der Waals surface area contributed by atoms with Crippen LogP contribution in [0.5, 0.6) is 0 Å². The lowest BCUT2D eigenvalue weighted by Crippen LogP contribution is -2.38. The number of hydrogen-bond acceptors (Lipinski definition) is 3. The lowest BCUT2D eigenvalue weighted by molar-refractivity contribution is -0.122. The molecule has 0 aliphatic carbocycles. The van der Waals surface area contributed by atoms with Crippen LogP contribution in [0, 0.1) is 5.92 Å². The van der Waals surface area contributed by atoms with Crippen molar-refractivity contribution in [2.75, 3.05) is 26.2 Å². The summed E-state index contributed by atoms with van der Waals surface area (Å²) in [5, 5.41) is 0. The zero-order valence-corrected chi connectivity index (χ0v) is 11.0. The van der Waals surface area contributed by atoms with E-state index in [0.717, 1.165) is 26.1 Å². The molecule has 2 heterocycles. The van der Waals surface area contributed by atoms with Crippen molar-refractivity contribution < 1.29 is 9.53 Å². The summed E-state index contributed by atoms with van der Waals surface area (Å²) in [4.78, 5) is 13.8. The molecule has 2 saturated heterocycles. The molecule has 0 amide bonds. The maximum atomic E-state index is 11.4. The Morgan fingerprint density at radius 2 is 2.24 bits per heavy atom. The van der Waals surface area contributed by atoms with Gasteiger partial charge in [-0.2, -0.15) is 0 Å². The van der Waals surface area contributed by atoms with Crippen LogP contribution in [0.1, 0.15) is 45.4 Å². The monoisotopic (exact) mass is 239 g/mol. The fourth-order valence-corrected chi connectivity index (χ4v) is 3.01. The normalized spacial score (nSPS) is 30.6. The second kappa shape index (κ2) is 6.50. The van der Waals surface area contributed by atoms with Gasteiger partial charge in [0, 0.05) is 19.1 Å². The Labute approximate surface area is 105 Å². The van der Waals surface area contributed by atoms with Crippen LogP contribution >= 0.6 is 0 Å². The molecule has 0 radical (unpaired) electrons. The second-order valence-electron chi connectivity index (χ2n) is 5.53. The molecule has 3 nitrogen and oxygen atoms in total. The predicted octanol–water partition coefficient (Wildman–Crippen LogP) is 2.25. The van der Waals surface area contributed by atoms with E-state index in [2.05, 4.69) is 4.90 Å². The molecule has 98 valence electrons. The molecule has 3 heteroatoms. The standard InChI is InChI=1S/C14H25NO2/c1-12(16)13-5-2-8-15(11-13)9-3-6-14-7-4-10-17-14/h13-14H,2-11H2,1H3. The first kappa shape index (κ1) is 13.0. The minimum Gasteiger partial charge on any atom is -0.378 e. The lowest BCUT2D eigenvalue weighted by atomic mass is 9.94. The van der Waals surface area contributed by atoms with Crippen molar-refractivity contribution in [2.45, 2.75) is 51.6 Å². The highest BCUT2D eigenvalue weighted by atomic mass is 16.5. The van der Waals surface area contributed by atoms with E-state index in [1.807, 2.05) is 0 Å². The molecule has 2 rings (SSSR count). The highest BCUT2D eigenvalue weighted by Crippen LogP contribution is 2.20. The van der Waals surface area contributed by atoms with Crippen molar-refractivity contribution >= 4 is 5.78 Å². The summed E-state index contributed by atoms with van der Waals surface area (Å²) in [6.45, 7) is 6.00. The Balaban J connectivity index is 1.62. The van der Waals surface area contributed by atoms with E-state index in [0.29, 0.717) is 17.8 Å². The molecule has 0 bridgehead atoms. The third-order valence-electron chi connectivity index (χ3n) is 4.10. The van der Waals surface area contributed by atoms with Gasteiger partial charge in [0.1, 0.15) is 5.78 Å². The van der Waals surface area contributed by atoms with Crippen LogP contribution in [0.3, 0.4) is 0 Å². The van der Waals surface area contributed by atoms with Gasteiger partial charge in [0.25, 0.3) is 0 Å². The van der Waals surface area contributed by atoms with Gasteiger partial charge < -0.3 is 9.64 Å². The fraction of sp³-hybridized carbons (Fsp3) is 0.929. The van der Waals surface area contributed by atoms with Gasteiger partial charge in [-0.15, -0.1) is 0 Å². The molecule has 2 atom stereocenters. The van der Waals surface area contributed by atoms with Crippen LogP contribution in [0.4, 0.5) is 0 Å². The molecule has 2 aliphatic heterocycles. The van der Waals surface area contributed by atoms with Crippen molar-refractivity contribution in [2.24, 2.45) is 5.92 Å². The number of nitrogens with zero attached hydrogens (tertiary/aromatic N) is 1. The fourth-order valence-electron chi connectivity index (χ4n) is 3.01. The molecule has 17 heavy (non-hydrogen) atoms. The Bertz CT molecular complexity index is 249. The van der Waals surface area contributed by atoms with Gasteiger partial charge in [0.05, 0.1) is 6.10 Å². The Kier molecular flexibility index (Phi) is 4.99. The highest BCUT2D eigenvalue weighted by Gasteiger charge is 2.23. The first-order valence-electron chi connectivity index (χ1n) is 7.10. The molecular formula is C14H25NO2. The number of piperidine rings is 1. The van der Waals surface area contributed by atoms with Gasteiger partial charge in [0.15, 0.2) is 0 Å². The van der Waals surface area contributed by atoms with Crippen molar-refractivity contribution in [3.05, 3.63) is 0 Å². The van der Waals surface area contributed by atoms with E-state index >= 15 is 0 Å². The summed E-state index contributed by atoms with van der Waals surface area (Å²) in [5.41, 5.74) is 0. The number of ketones is 1. The first-order valence-corrected chi connectivity index (χ1v) is 7.10. The van der Waals surface area contributed by atoms with E-state index in [4.69, 9.17) is 4.74 Å². The van der Waals surface area contributed by atoms with Gasteiger partial charge in [0.2, 0.25) is 0 Å². The molecule has 0 N–H and O–H groups in total. The Hall–Kier alpha value is -0.410. The SMILES string of the molecule is CC(=O)C1CCCN(CCCC2CCCO2)C1. The van der Waals surface area contributed by atoms with Crippen LogP contribution < -0.4 is 0 Å². The number of hydrogen-bond donors (Lipinski definition) is 0. The third-order valence-corrected chi connectivity index (χ3v) is 4.10. The van der Waals surface area contributed by atoms with Crippen molar-refractivity contribution in [3.63, 3.8) is 0 Å². The van der Waals surface area contributed by atoms with Crippen LogP contribution in [-0.2, 0) is 9.53 Å². The molecule has 0 aromatic carbocycles. The summed E-state index contributed by atoms with van der Waals surface area (Å²) in [5.74, 6) is 0.667. The molecule has 2 aliphatic rings. The average molecular weight is 239 g/mol. The highest BCUT2D eigenvalue weighted by molar-refractivity contribution is 5.78. The number of carbonyl (C=O) groups excluding carboxylic acids is 1. The summed E-state index contributed by atoms with van der Waals surface area (Å²) in [6.07, 6.45) is 7.69. The average Bonchev–Trinajstić information content (AvgIpc) is 2.82. The van der Waals surface area contributed by atoms with Crippen LogP contribution in [0.25, 0.3) is 0 Å². The lowest BCUT2D eigenvalue weighted by Gasteiger charge is -2.31.